The number of nitrogens with zero attached hydrogens (tertiary/aromatic N) is 3. The molecule has 8 heteroatoms. The third-order valence-corrected chi connectivity index (χ3v) is 3.48. The Balaban J connectivity index is 2.28. The molecule has 0 fully saturated rings. The van der Waals surface area contributed by atoms with Crippen LogP contribution in [0.25, 0.3) is 0 Å². The lowest BCUT2D eigenvalue weighted by atomic mass is 10.3. The van der Waals surface area contributed by atoms with Crippen LogP contribution in [-0.4, -0.2) is 27.0 Å². The molecule has 2 heterocycles. The van der Waals surface area contributed by atoms with Crippen LogP contribution in [0, 0.1) is 0 Å². The summed E-state index contributed by atoms with van der Waals surface area (Å²) in [4.78, 5) is 37.1. The fraction of sp³-hybridized carbons (Fsp3) is 0.308. The summed E-state index contributed by atoms with van der Waals surface area (Å²) in [6, 6.07) is 3.16. The predicted molar refractivity (Wildman–Crippen MR) is 79.1 cm³/mol. The van der Waals surface area contributed by atoms with Crippen LogP contribution >= 0.6 is 15.9 Å². The Morgan fingerprint density at radius 1 is 1.33 bits per heavy atom. The molecule has 0 aliphatic carbocycles. The molecule has 2 aromatic heterocycles. The van der Waals surface area contributed by atoms with Crippen LogP contribution in [0.2, 0.25) is 0 Å². The van der Waals surface area contributed by atoms with Gasteiger partial charge in [-0.05, 0) is 28.1 Å². The van der Waals surface area contributed by atoms with Crippen LogP contribution in [0.5, 0.6) is 0 Å². The van der Waals surface area contributed by atoms with Crippen molar-refractivity contribution in [1.29, 1.82) is 0 Å². The van der Waals surface area contributed by atoms with Crippen molar-refractivity contribution < 1.29 is 9.21 Å². The fourth-order valence-corrected chi connectivity index (χ4v) is 2.24. The summed E-state index contributed by atoms with van der Waals surface area (Å²) in [5.74, 6) is -0.178. The molecule has 0 saturated heterocycles. The number of furan rings is 1. The number of carbonyl (C=O) groups excluding carboxylic acids is 1. The van der Waals surface area contributed by atoms with Crippen molar-refractivity contribution in [3.8, 4) is 0 Å². The van der Waals surface area contributed by atoms with Gasteiger partial charge >= 0.3 is 5.69 Å². The Hall–Kier alpha value is -2.09. The van der Waals surface area contributed by atoms with Crippen LogP contribution in [0.1, 0.15) is 16.1 Å². The quantitative estimate of drug-likeness (QED) is 0.812. The van der Waals surface area contributed by atoms with Gasteiger partial charge in [-0.25, -0.2) is 4.79 Å². The second-order valence-electron chi connectivity index (χ2n) is 4.68. The molecule has 21 heavy (non-hydrogen) atoms. The second-order valence-corrected chi connectivity index (χ2v) is 5.46. The SMILES string of the molecule is CN(Cc1cn(C)c(=O)n(C)c1=O)C(=O)c1ccc(Br)o1. The zero-order chi connectivity index (χ0) is 15.7. The van der Waals surface area contributed by atoms with E-state index in [1.807, 2.05) is 0 Å². The molecule has 0 bridgehead atoms. The average molecular weight is 356 g/mol. The van der Waals surface area contributed by atoms with E-state index in [1.165, 1.54) is 22.7 Å². The van der Waals surface area contributed by atoms with Crippen molar-refractivity contribution in [3.05, 3.63) is 55.2 Å². The van der Waals surface area contributed by atoms with Crippen LogP contribution in [0.3, 0.4) is 0 Å². The molecule has 2 aromatic rings. The first-order valence-corrected chi connectivity index (χ1v) is 6.87. The summed E-state index contributed by atoms with van der Waals surface area (Å²) in [7, 11) is 4.51. The topological polar surface area (TPSA) is 77.5 Å². The highest BCUT2D eigenvalue weighted by molar-refractivity contribution is 9.10. The van der Waals surface area contributed by atoms with E-state index >= 15 is 0 Å². The number of carbonyl (C=O) groups is 1. The van der Waals surface area contributed by atoms with Gasteiger partial charge in [-0.3, -0.25) is 14.2 Å². The lowest BCUT2D eigenvalue weighted by Crippen LogP contribution is -2.40. The number of aromatic nitrogens is 2. The fourth-order valence-electron chi connectivity index (χ4n) is 1.94. The van der Waals surface area contributed by atoms with Crippen molar-refractivity contribution in [1.82, 2.24) is 14.0 Å². The molecule has 0 aromatic carbocycles. The molecule has 0 unspecified atom stereocenters. The Labute approximate surface area is 128 Å². The van der Waals surface area contributed by atoms with Crippen LogP contribution in [-0.2, 0) is 20.6 Å². The van der Waals surface area contributed by atoms with E-state index in [1.54, 1.807) is 26.2 Å². The second kappa shape index (κ2) is 5.72. The summed E-state index contributed by atoms with van der Waals surface area (Å²) in [6.45, 7) is 0.0813. The minimum absolute atomic E-state index is 0.0813. The van der Waals surface area contributed by atoms with Gasteiger partial charge < -0.3 is 13.9 Å². The lowest BCUT2D eigenvalue weighted by molar-refractivity contribution is 0.0751. The van der Waals surface area contributed by atoms with Crippen molar-refractivity contribution >= 4 is 21.8 Å². The van der Waals surface area contributed by atoms with Crippen LogP contribution in [0.4, 0.5) is 0 Å². The van der Waals surface area contributed by atoms with Gasteiger partial charge in [-0.2, -0.15) is 0 Å². The summed E-state index contributed by atoms with van der Waals surface area (Å²) < 4.78 is 7.96. The molecule has 0 aliphatic heterocycles. The first-order valence-electron chi connectivity index (χ1n) is 6.07. The highest BCUT2D eigenvalue weighted by Crippen LogP contribution is 2.15. The third-order valence-electron chi connectivity index (χ3n) is 3.06. The van der Waals surface area contributed by atoms with Crippen molar-refractivity contribution in [2.45, 2.75) is 6.54 Å². The number of hydrogen-bond donors (Lipinski definition) is 0. The van der Waals surface area contributed by atoms with Crippen molar-refractivity contribution in [2.75, 3.05) is 7.05 Å². The first kappa shape index (κ1) is 15.3. The minimum atomic E-state index is -0.418. The molecule has 0 aliphatic rings. The molecule has 7 nitrogen and oxygen atoms in total. The molecule has 0 N–H and O–H groups in total. The largest absolute Gasteiger partial charge is 0.444 e. The molecule has 1 amide bonds. The maximum Gasteiger partial charge on any atom is 0.330 e. The molecule has 112 valence electrons. The summed E-state index contributed by atoms with van der Waals surface area (Å²) in [5, 5.41) is 0. The lowest BCUT2D eigenvalue weighted by Gasteiger charge is -2.16. The molecule has 0 saturated carbocycles. The Bertz CT molecular complexity index is 802. The van der Waals surface area contributed by atoms with E-state index in [9.17, 15) is 14.4 Å². The molecule has 0 spiro atoms. The average Bonchev–Trinajstić information content (AvgIpc) is 2.88. The van der Waals surface area contributed by atoms with Crippen LogP contribution in [0.15, 0.2) is 37.0 Å². The zero-order valence-corrected chi connectivity index (χ0v) is 13.4. The smallest absolute Gasteiger partial charge is 0.330 e. The van der Waals surface area contributed by atoms with Gasteiger partial charge in [0.25, 0.3) is 11.5 Å². The van der Waals surface area contributed by atoms with Gasteiger partial charge in [-0.1, -0.05) is 0 Å². The maximum absolute atomic E-state index is 12.1. The number of amides is 1. The van der Waals surface area contributed by atoms with E-state index in [0.717, 1.165) is 4.57 Å². The molecule has 0 atom stereocenters. The molecule has 0 radical (unpaired) electrons. The van der Waals surface area contributed by atoms with Gasteiger partial charge in [-0.15, -0.1) is 0 Å². The van der Waals surface area contributed by atoms with E-state index < -0.39 is 11.2 Å². The minimum Gasteiger partial charge on any atom is -0.444 e. The number of hydrogen-bond acceptors (Lipinski definition) is 4. The van der Waals surface area contributed by atoms with Crippen molar-refractivity contribution in [3.63, 3.8) is 0 Å². The zero-order valence-electron chi connectivity index (χ0n) is 11.8. The third kappa shape index (κ3) is 2.99. The van der Waals surface area contributed by atoms with E-state index in [4.69, 9.17) is 4.42 Å². The first-order chi connectivity index (χ1) is 9.81. The number of aryl methyl sites for hydroxylation is 1. The van der Waals surface area contributed by atoms with E-state index in [2.05, 4.69) is 15.9 Å². The monoisotopic (exact) mass is 355 g/mol. The maximum atomic E-state index is 12.1. The highest BCUT2D eigenvalue weighted by Gasteiger charge is 2.18. The standard InChI is InChI=1S/C13H14BrN3O4/c1-15(12(19)9-4-5-10(14)21-9)6-8-7-16(2)13(20)17(3)11(8)18/h4-5,7H,6H2,1-3H3. The Morgan fingerprint density at radius 2 is 2.00 bits per heavy atom. The van der Waals surface area contributed by atoms with Crippen molar-refractivity contribution in [2.24, 2.45) is 14.1 Å². The normalized spacial score (nSPS) is 10.7. The molecular weight excluding hydrogens is 342 g/mol. The van der Waals surface area contributed by atoms with E-state index in [0.29, 0.717) is 10.2 Å². The van der Waals surface area contributed by atoms with Crippen LogP contribution < -0.4 is 11.2 Å². The molecular formula is C13H14BrN3O4. The summed E-state index contributed by atoms with van der Waals surface area (Å²) in [6.07, 6.45) is 1.44. The van der Waals surface area contributed by atoms with Gasteiger partial charge in [0.05, 0.1) is 12.1 Å². The van der Waals surface area contributed by atoms with Gasteiger partial charge in [0.15, 0.2) is 10.4 Å². The highest BCUT2D eigenvalue weighted by atomic mass is 79.9. The number of rotatable bonds is 3. The Morgan fingerprint density at radius 3 is 2.57 bits per heavy atom. The van der Waals surface area contributed by atoms with Gasteiger partial charge in [0, 0.05) is 27.3 Å². The molecule has 2 rings (SSSR count). The van der Waals surface area contributed by atoms with Gasteiger partial charge in [0.1, 0.15) is 0 Å². The van der Waals surface area contributed by atoms with E-state index in [-0.39, 0.29) is 18.2 Å². The predicted octanol–water partition coefficient (Wildman–Crippen LogP) is 0.712. The van der Waals surface area contributed by atoms with Gasteiger partial charge in [0.2, 0.25) is 0 Å². The summed E-state index contributed by atoms with van der Waals surface area (Å²) in [5.41, 5.74) is -0.479. The Kier molecular flexibility index (Phi) is 4.17. The summed E-state index contributed by atoms with van der Waals surface area (Å²) >= 11 is 3.13. The number of halogens is 1.